The number of piperidine rings is 1. The number of aromatic nitrogens is 2. The SMILES string of the molecule is Cc1nc2c(c(N3CCC(F)(F)CC3)n1)CCNC2=O. The number of nitrogens with zero attached hydrogens (tertiary/aromatic N) is 3. The van der Waals surface area contributed by atoms with E-state index in [0.29, 0.717) is 30.3 Å². The van der Waals surface area contributed by atoms with Gasteiger partial charge in [-0.2, -0.15) is 0 Å². The fourth-order valence-corrected chi connectivity index (χ4v) is 2.69. The van der Waals surface area contributed by atoms with Gasteiger partial charge in [0, 0.05) is 38.0 Å². The molecule has 1 aromatic heterocycles. The van der Waals surface area contributed by atoms with Crippen LogP contribution in [0.2, 0.25) is 0 Å². The van der Waals surface area contributed by atoms with Crippen molar-refractivity contribution in [3.8, 4) is 0 Å². The molecule has 0 atom stereocenters. The zero-order valence-electron chi connectivity index (χ0n) is 11.2. The first-order chi connectivity index (χ1) is 9.46. The van der Waals surface area contributed by atoms with Gasteiger partial charge >= 0.3 is 0 Å². The summed E-state index contributed by atoms with van der Waals surface area (Å²) in [6.07, 6.45) is 0.303. The van der Waals surface area contributed by atoms with Crippen LogP contribution in [0.15, 0.2) is 0 Å². The minimum atomic E-state index is -2.59. The van der Waals surface area contributed by atoms with Crippen LogP contribution in [0, 0.1) is 6.92 Å². The van der Waals surface area contributed by atoms with E-state index in [2.05, 4.69) is 15.3 Å². The zero-order valence-corrected chi connectivity index (χ0v) is 11.2. The van der Waals surface area contributed by atoms with Gasteiger partial charge in [-0.05, 0) is 13.3 Å². The summed E-state index contributed by atoms with van der Waals surface area (Å²) < 4.78 is 26.5. The largest absolute Gasteiger partial charge is 0.356 e. The van der Waals surface area contributed by atoms with Gasteiger partial charge in [-0.15, -0.1) is 0 Å². The van der Waals surface area contributed by atoms with Gasteiger partial charge in [0.2, 0.25) is 0 Å². The molecular formula is C13H16F2N4O. The molecule has 0 unspecified atom stereocenters. The van der Waals surface area contributed by atoms with Crippen LogP contribution in [0.3, 0.4) is 0 Å². The third kappa shape index (κ3) is 2.32. The number of hydrogen-bond acceptors (Lipinski definition) is 4. The van der Waals surface area contributed by atoms with Crippen LogP contribution in [0.4, 0.5) is 14.6 Å². The number of aryl methyl sites for hydroxylation is 1. The number of fused-ring (bicyclic) bond motifs is 1. The first-order valence-corrected chi connectivity index (χ1v) is 6.75. The molecule has 0 aromatic carbocycles. The molecule has 7 heteroatoms. The van der Waals surface area contributed by atoms with Crippen LogP contribution >= 0.6 is 0 Å². The molecule has 3 heterocycles. The summed E-state index contributed by atoms with van der Waals surface area (Å²) in [6.45, 7) is 2.77. The Morgan fingerprint density at radius 3 is 2.65 bits per heavy atom. The molecule has 3 rings (SSSR count). The number of carbonyl (C=O) groups is 1. The maximum Gasteiger partial charge on any atom is 0.270 e. The molecule has 2 aliphatic rings. The molecular weight excluding hydrogens is 266 g/mol. The van der Waals surface area contributed by atoms with E-state index in [4.69, 9.17) is 0 Å². The van der Waals surface area contributed by atoms with E-state index in [1.165, 1.54) is 0 Å². The van der Waals surface area contributed by atoms with Gasteiger partial charge in [0.1, 0.15) is 17.3 Å². The second-order valence-electron chi connectivity index (χ2n) is 5.27. The number of halogens is 2. The zero-order chi connectivity index (χ0) is 14.3. The van der Waals surface area contributed by atoms with E-state index in [9.17, 15) is 13.6 Å². The van der Waals surface area contributed by atoms with Gasteiger partial charge < -0.3 is 10.2 Å². The number of anilines is 1. The number of nitrogens with one attached hydrogen (secondary N) is 1. The van der Waals surface area contributed by atoms with Crippen LogP contribution < -0.4 is 10.2 Å². The highest BCUT2D eigenvalue weighted by atomic mass is 19.3. The molecule has 1 saturated heterocycles. The minimum Gasteiger partial charge on any atom is -0.356 e. The molecule has 108 valence electrons. The van der Waals surface area contributed by atoms with Gasteiger partial charge in [0.15, 0.2) is 0 Å². The number of amides is 1. The Morgan fingerprint density at radius 1 is 1.25 bits per heavy atom. The highest BCUT2D eigenvalue weighted by Crippen LogP contribution is 2.32. The lowest BCUT2D eigenvalue weighted by molar-refractivity contribution is -0.0222. The smallest absolute Gasteiger partial charge is 0.270 e. The van der Waals surface area contributed by atoms with Crippen molar-refractivity contribution in [2.45, 2.75) is 32.1 Å². The molecule has 0 aliphatic carbocycles. The van der Waals surface area contributed by atoms with Gasteiger partial charge in [-0.3, -0.25) is 4.79 Å². The summed E-state index contributed by atoms with van der Waals surface area (Å²) >= 11 is 0. The average Bonchev–Trinajstić information content (AvgIpc) is 2.39. The van der Waals surface area contributed by atoms with E-state index in [0.717, 1.165) is 5.56 Å². The number of carbonyl (C=O) groups excluding carboxylic acids is 1. The topological polar surface area (TPSA) is 58.1 Å². The Morgan fingerprint density at radius 2 is 1.95 bits per heavy atom. The molecule has 1 amide bonds. The van der Waals surface area contributed by atoms with Gasteiger partial charge in [-0.25, -0.2) is 18.7 Å². The molecule has 0 radical (unpaired) electrons. The standard InChI is InChI=1S/C13H16F2N4O/c1-8-17-10-9(2-5-16-12(10)20)11(18-8)19-6-3-13(14,15)4-7-19/h2-7H2,1H3,(H,16,20). The van der Waals surface area contributed by atoms with E-state index in [-0.39, 0.29) is 31.8 Å². The van der Waals surface area contributed by atoms with Crippen molar-refractivity contribution in [3.63, 3.8) is 0 Å². The Bertz CT molecular complexity index is 552. The van der Waals surface area contributed by atoms with Crippen LogP contribution in [0.25, 0.3) is 0 Å². The third-order valence-corrected chi connectivity index (χ3v) is 3.77. The monoisotopic (exact) mass is 282 g/mol. The first kappa shape index (κ1) is 13.2. The second kappa shape index (κ2) is 4.64. The molecule has 0 bridgehead atoms. The van der Waals surface area contributed by atoms with Crippen LogP contribution in [0.5, 0.6) is 0 Å². The first-order valence-electron chi connectivity index (χ1n) is 6.75. The average molecular weight is 282 g/mol. The Kier molecular flexibility index (Phi) is 3.07. The van der Waals surface area contributed by atoms with Crippen LogP contribution in [0.1, 0.15) is 34.7 Å². The van der Waals surface area contributed by atoms with E-state index < -0.39 is 5.92 Å². The predicted octanol–water partition coefficient (Wildman–Crippen LogP) is 1.31. The van der Waals surface area contributed by atoms with E-state index in [1.54, 1.807) is 6.92 Å². The van der Waals surface area contributed by atoms with E-state index in [1.807, 2.05) is 4.90 Å². The molecule has 1 aromatic rings. The maximum atomic E-state index is 13.3. The second-order valence-corrected chi connectivity index (χ2v) is 5.27. The fraction of sp³-hybridized carbons (Fsp3) is 0.615. The fourth-order valence-electron chi connectivity index (χ4n) is 2.69. The molecule has 1 fully saturated rings. The lowest BCUT2D eigenvalue weighted by atomic mass is 10.0. The van der Waals surface area contributed by atoms with Crippen LogP contribution in [-0.2, 0) is 6.42 Å². The van der Waals surface area contributed by atoms with Crippen LogP contribution in [-0.4, -0.2) is 41.4 Å². The molecule has 1 N–H and O–H groups in total. The minimum absolute atomic E-state index is 0.170. The van der Waals surface area contributed by atoms with Crippen molar-refractivity contribution >= 4 is 11.7 Å². The van der Waals surface area contributed by atoms with Gasteiger partial charge in [0.25, 0.3) is 11.8 Å². The number of rotatable bonds is 1. The predicted molar refractivity (Wildman–Crippen MR) is 69.2 cm³/mol. The van der Waals surface area contributed by atoms with Crippen molar-refractivity contribution in [2.24, 2.45) is 0 Å². The van der Waals surface area contributed by atoms with Crippen molar-refractivity contribution in [2.75, 3.05) is 24.5 Å². The molecule has 2 aliphatic heterocycles. The van der Waals surface area contributed by atoms with Crippen molar-refractivity contribution < 1.29 is 13.6 Å². The highest BCUT2D eigenvalue weighted by Gasteiger charge is 2.36. The maximum absolute atomic E-state index is 13.3. The molecule has 0 spiro atoms. The Labute approximate surface area is 115 Å². The Hall–Kier alpha value is -1.79. The lowest BCUT2D eigenvalue weighted by Gasteiger charge is -2.34. The van der Waals surface area contributed by atoms with Crippen molar-refractivity contribution in [1.82, 2.24) is 15.3 Å². The van der Waals surface area contributed by atoms with Gasteiger partial charge in [0.05, 0.1) is 0 Å². The number of alkyl halides is 2. The Balaban J connectivity index is 1.96. The molecule has 5 nitrogen and oxygen atoms in total. The van der Waals surface area contributed by atoms with Crippen molar-refractivity contribution in [3.05, 3.63) is 17.1 Å². The number of hydrogen-bond donors (Lipinski definition) is 1. The quantitative estimate of drug-likeness (QED) is 0.843. The van der Waals surface area contributed by atoms with E-state index >= 15 is 0 Å². The molecule has 0 saturated carbocycles. The summed E-state index contributed by atoms with van der Waals surface area (Å²) in [5.41, 5.74) is 1.17. The molecule has 20 heavy (non-hydrogen) atoms. The highest BCUT2D eigenvalue weighted by molar-refractivity contribution is 5.96. The van der Waals surface area contributed by atoms with Gasteiger partial charge in [-0.1, -0.05) is 0 Å². The summed E-state index contributed by atoms with van der Waals surface area (Å²) in [4.78, 5) is 22.2. The summed E-state index contributed by atoms with van der Waals surface area (Å²) in [5.74, 6) is -1.65. The van der Waals surface area contributed by atoms with Crippen molar-refractivity contribution in [1.29, 1.82) is 0 Å². The summed E-state index contributed by atoms with van der Waals surface area (Å²) in [6, 6.07) is 0. The normalized spacial score (nSPS) is 21.4. The summed E-state index contributed by atoms with van der Waals surface area (Å²) in [5, 5.41) is 2.74. The third-order valence-electron chi connectivity index (χ3n) is 3.77. The lowest BCUT2D eigenvalue weighted by Crippen LogP contribution is -2.42. The summed E-state index contributed by atoms with van der Waals surface area (Å²) in [7, 11) is 0.